The number of nitrogens with zero attached hydrogens (tertiary/aromatic N) is 1. The first-order valence-electron chi connectivity index (χ1n) is 8.48. The second-order valence-corrected chi connectivity index (χ2v) is 8.89. The Morgan fingerprint density at radius 3 is 2.39 bits per heavy atom. The van der Waals surface area contributed by atoms with Crippen molar-refractivity contribution in [2.75, 3.05) is 13.1 Å². The van der Waals surface area contributed by atoms with Crippen molar-refractivity contribution in [1.29, 1.82) is 0 Å². The van der Waals surface area contributed by atoms with Crippen molar-refractivity contribution in [2.45, 2.75) is 51.1 Å². The van der Waals surface area contributed by atoms with E-state index in [0.29, 0.717) is 18.4 Å². The van der Waals surface area contributed by atoms with Crippen LogP contribution >= 0.6 is 0 Å². The van der Waals surface area contributed by atoms with Crippen LogP contribution < -0.4 is 10.5 Å². The standard InChI is InChI=1S/C17H27N3O2S/c1-12(2)14-4-6-15(7-5-14)17(18)10-19-23(21,22)20-11-13-3-8-16(20)9-13/h4-7,12-13,16-17,19H,3,8-11,18H2,1-2H3/t13-,16-,17-/m0/s1. The second kappa shape index (κ2) is 6.51. The van der Waals surface area contributed by atoms with Crippen molar-refractivity contribution in [3.05, 3.63) is 35.4 Å². The SMILES string of the molecule is CC(C)c1ccc([C@@H](N)CNS(=O)(=O)N2C[C@H]3CC[C@H]2C3)cc1. The third kappa shape index (κ3) is 3.60. The van der Waals surface area contributed by atoms with Gasteiger partial charge in [-0.05, 0) is 42.2 Å². The molecule has 6 heteroatoms. The summed E-state index contributed by atoms with van der Waals surface area (Å²) < 4.78 is 29.3. The number of nitrogens with one attached hydrogen (secondary N) is 1. The van der Waals surface area contributed by atoms with Gasteiger partial charge in [-0.3, -0.25) is 0 Å². The van der Waals surface area contributed by atoms with E-state index >= 15 is 0 Å². The van der Waals surface area contributed by atoms with Gasteiger partial charge in [0, 0.05) is 25.2 Å². The maximum Gasteiger partial charge on any atom is 0.279 e. The first kappa shape index (κ1) is 16.9. The molecule has 2 fully saturated rings. The molecule has 1 aliphatic heterocycles. The van der Waals surface area contributed by atoms with Crippen LogP contribution in [0.4, 0.5) is 0 Å². The van der Waals surface area contributed by atoms with Crippen molar-refractivity contribution in [3.8, 4) is 0 Å². The first-order valence-corrected chi connectivity index (χ1v) is 9.92. The first-order chi connectivity index (χ1) is 10.9. The number of nitrogens with two attached hydrogens (primary N) is 1. The Kier molecular flexibility index (Phi) is 4.78. The average molecular weight is 337 g/mol. The second-order valence-electron chi connectivity index (χ2n) is 7.18. The fourth-order valence-corrected chi connectivity index (χ4v) is 5.24. The highest BCUT2D eigenvalue weighted by molar-refractivity contribution is 7.87. The molecule has 2 bridgehead atoms. The molecular weight excluding hydrogens is 310 g/mol. The molecule has 0 radical (unpaired) electrons. The van der Waals surface area contributed by atoms with Gasteiger partial charge in [-0.25, -0.2) is 4.72 Å². The molecule has 3 N–H and O–H groups in total. The maximum absolute atomic E-state index is 12.5. The van der Waals surface area contributed by atoms with Gasteiger partial charge in [-0.2, -0.15) is 12.7 Å². The Hall–Kier alpha value is -0.950. The van der Waals surface area contributed by atoms with Gasteiger partial charge in [-0.1, -0.05) is 38.1 Å². The molecule has 1 aromatic carbocycles. The molecule has 5 nitrogen and oxygen atoms in total. The Bertz CT molecular complexity index is 642. The monoisotopic (exact) mass is 337 g/mol. The van der Waals surface area contributed by atoms with Crippen molar-refractivity contribution in [3.63, 3.8) is 0 Å². The highest BCUT2D eigenvalue weighted by Gasteiger charge is 2.43. The molecule has 0 spiro atoms. The lowest BCUT2D eigenvalue weighted by molar-refractivity contribution is 0.328. The maximum atomic E-state index is 12.5. The normalized spacial score (nSPS) is 26.1. The summed E-state index contributed by atoms with van der Waals surface area (Å²) in [5.41, 5.74) is 8.37. The van der Waals surface area contributed by atoms with Gasteiger partial charge in [0.05, 0.1) is 0 Å². The van der Waals surface area contributed by atoms with E-state index in [-0.39, 0.29) is 18.6 Å². The van der Waals surface area contributed by atoms with Crippen LogP contribution in [-0.2, 0) is 10.2 Å². The summed E-state index contributed by atoms with van der Waals surface area (Å²) in [4.78, 5) is 0. The van der Waals surface area contributed by atoms with Crippen LogP contribution in [0.25, 0.3) is 0 Å². The van der Waals surface area contributed by atoms with Crippen LogP contribution in [0, 0.1) is 5.92 Å². The highest BCUT2D eigenvalue weighted by Crippen LogP contribution is 2.38. The van der Waals surface area contributed by atoms with Crippen LogP contribution in [0.1, 0.15) is 56.2 Å². The lowest BCUT2D eigenvalue weighted by atomic mass is 9.99. The van der Waals surface area contributed by atoms with Gasteiger partial charge in [-0.15, -0.1) is 0 Å². The van der Waals surface area contributed by atoms with E-state index in [1.54, 1.807) is 4.31 Å². The van der Waals surface area contributed by atoms with Crippen LogP contribution in [0.2, 0.25) is 0 Å². The van der Waals surface area contributed by atoms with Gasteiger partial charge in [0.2, 0.25) is 0 Å². The molecule has 3 atom stereocenters. The Labute approximate surface area is 139 Å². The predicted molar refractivity (Wildman–Crippen MR) is 92.2 cm³/mol. The lowest BCUT2D eigenvalue weighted by Crippen LogP contribution is -2.46. The van der Waals surface area contributed by atoms with Crippen LogP contribution in [0.3, 0.4) is 0 Å². The van der Waals surface area contributed by atoms with Gasteiger partial charge >= 0.3 is 0 Å². The third-order valence-corrected chi connectivity index (χ3v) is 6.78. The number of benzene rings is 1. The van der Waals surface area contributed by atoms with Crippen molar-refractivity contribution in [2.24, 2.45) is 11.7 Å². The number of hydrogen-bond acceptors (Lipinski definition) is 3. The summed E-state index contributed by atoms with van der Waals surface area (Å²) in [6, 6.07) is 7.98. The fourth-order valence-electron chi connectivity index (χ4n) is 3.70. The van der Waals surface area contributed by atoms with Crippen LogP contribution in [0.5, 0.6) is 0 Å². The Morgan fingerprint density at radius 1 is 1.22 bits per heavy atom. The Balaban J connectivity index is 1.58. The summed E-state index contributed by atoms with van der Waals surface area (Å²) in [7, 11) is -3.41. The molecule has 0 unspecified atom stereocenters. The van der Waals surface area contributed by atoms with Crippen molar-refractivity contribution < 1.29 is 8.42 Å². The van der Waals surface area contributed by atoms with E-state index in [9.17, 15) is 8.42 Å². The van der Waals surface area contributed by atoms with E-state index in [2.05, 4.69) is 30.7 Å². The zero-order valence-electron chi connectivity index (χ0n) is 13.9. The fraction of sp³-hybridized carbons (Fsp3) is 0.647. The molecule has 0 amide bonds. The number of piperidine rings is 1. The van der Waals surface area contributed by atoms with Gasteiger partial charge in [0.15, 0.2) is 0 Å². The summed E-state index contributed by atoms with van der Waals surface area (Å²) in [6.45, 7) is 5.19. The number of fused-ring (bicyclic) bond motifs is 2. The number of rotatable bonds is 6. The zero-order valence-corrected chi connectivity index (χ0v) is 14.7. The minimum Gasteiger partial charge on any atom is -0.323 e. The smallest absolute Gasteiger partial charge is 0.279 e. The molecule has 0 aromatic heterocycles. The zero-order chi connectivity index (χ0) is 16.6. The molecule has 3 rings (SSSR count). The van der Waals surface area contributed by atoms with Gasteiger partial charge in [0.25, 0.3) is 10.2 Å². The van der Waals surface area contributed by atoms with E-state index in [1.807, 2.05) is 12.1 Å². The van der Waals surface area contributed by atoms with Crippen LogP contribution in [-0.4, -0.2) is 31.9 Å². The quantitative estimate of drug-likeness (QED) is 0.835. The van der Waals surface area contributed by atoms with E-state index < -0.39 is 10.2 Å². The summed E-state index contributed by atoms with van der Waals surface area (Å²) in [5, 5.41) is 0. The predicted octanol–water partition coefficient (Wildman–Crippen LogP) is 2.13. The van der Waals surface area contributed by atoms with Gasteiger partial charge < -0.3 is 5.73 Å². The molecule has 1 heterocycles. The molecule has 1 saturated carbocycles. The number of hydrogen-bond donors (Lipinski definition) is 2. The molecular formula is C17H27N3O2S. The molecule has 1 saturated heterocycles. The van der Waals surface area contributed by atoms with E-state index in [0.717, 1.165) is 18.4 Å². The molecule has 2 aliphatic rings. The lowest BCUT2D eigenvalue weighted by Gasteiger charge is -2.27. The summed E-state index contributed by atoms with van der Waals surface area (Å²) in [6.07, 6.45) is 3.18. The van der Waals surface area contributed by atoms with E-state index in [1.165, 1.54) is 12.0 Å². The average Bonchev–Trinajstić information content (AvgIpc) is 3.16. The molecule has 128 valence electrons. The molecule has 1 aliphatic carbocycles. The highest BCUT2D eigenvalue weighted by atomic mass is 32.2. The van der Waals surface area contributed by atoms with Crippen LogP contribution in [0.15, 0.2) is 24.3 Å². The molecule has 1 aromatic rings. The topological polar surface area (TPSA) is 75.4 Å². The third-order valence-electron chi connectivity index (χ3n) is 5.18. The van der Waals surface area contributed by atoms with Gasteiger partial charge in [0.1, 0.15) is 0 Å². The minimum atomic E-state index is -3.41. The van der Waals surface area contributed by atoms with Crippen molar-refractivity contribution >= 4 is 10.2 Å². The minimum absolute atomic E-state index is 0.194. The molecule has 23 heavy (non-hydrogen) atoms. The summed E-state index contributed by atoms with van der Waals surface area (Å²) >= 11 is 0. The summed E-state index contributed by atoms with van der Waals surface area (Å²) in [5.74, 6) is 1.03. The van der Waals surface area contributed by atoms with Crippen molar-refractivity contribution in [1.82, 2.24) is 9.03 Å². The Morgan fingerprint density at radius 2 is 1.87 bits per heavy atom. The largest absolute Gasteiger partial charge is 0.323 e. The van der Waals surface area contributed by atoms with E-state index in [4.69, 9.17) is 5.73 Å².